The SMILES string of the molecule is COC(CNc1cccc(C#N)c1[N+](=O)[O-])C(=O)O. The monoisotopic (exact) mass is 265 g/mol. The average Bonchev–Trinajstić information content (AvgIpc) is 2.38. The molecule has 0 fully saturated rings. The van der Waals surface area contributed by atoms with Gasteiger partial charge < -0.3 is 15.2 Å². The van der Waals surface area contributed by atoms with Gasteiger partial charge in [0.05, 0.1) is 11.5 Å². The molecule has 0 amide bonds. The van der Waals surface area contributed by atoms with Crippen LogP contribution >= 0.6 is 0 Å². The van der Waals surface area contributed by atoms with Crippen molar-refractivity contribution in [1.82, 2.24) is 0 Å². The van der Waals surface area contributed by atoms with Crippen molar-refractivity contribution in [2.45, 2.75) is 6.10 Å². The quantitative estimate of drug-likeness (QED) is 0.579. The third kappa shape index (κ3) is 3.40. The fraction of sp³-hybridized carbons (Fsp3) is 0.273. The van der Waals surface area contributed by atoms with Gasteiger partial charge in [0.2, 0.25) is 0 Å². The standard InChI is InChI=1S/C11H11N3O5/c1-19-9(11(15)16)6-13-8-4-2-3-7(5-12)10(8)14(17)18/h2-4,9,13H,6H2,1H3,(H,15,16). The molecule has 0 saturated carbocycles. The Kier molecular flexibility index (Phi) is 4.79. The topological polar surface area (TPSA) is 125 Å². The minimum absolute atomic E-state index is 0.0763. The molecule has 0 aromatic heterocycles. The summed E-state index contributed by atoms with van der Waals surface area (Å²) >= 11 is 0. The molecule has 8 heteroatoms. The summed E-state index contributed by atoms with van der Waals surface area (Å²) < 4.78 is 4.69. The van der Waals surface area contributed by atoms with Crippen LogP contribution < -0.4 is 5.32 Å². The predicted molar refractivity (Wildman–Crippen MR) is 64.7 cm³/mol. The molecule has 1 unspecified atom stereocenters. The highest BCUT2D eigenvalue weighted by Crippen LogP contribution is 2.27. The Labute approximate surface area is 108 Å². The van der Waals surface area contributed by atoms with Crippen molar-refractivity contribution >= 4 is 17.3 Å². The minimum atomic E-state index is -1.19. The van der Waals surface area contributed by atoms with Crippen molar-refractivity contribution in [2.24, 2.45) is 0 Å². The summed E-state index contributed by atoms with van der Waals surface area (Å²) in [6.45, 7) is -0.151. The first-order valence-electron chi connectivity index (χ1n) is 5.18. The van der Waals surface area contributed by atoms with Crippen LogP contribution in [0.3, 0.4) is 0 Å². The molecule has 2 N–H and O–H groups in total. The second-order valence-corrected chi connectivity index (χ2v) is 3.51. The smallest absolute Gasteiger partial charge is 0.334 e. The van der Waals surface area contributed by atoms with E-state index in [0.29, 0.717) is 0 Å². The first-order chi connectivity index (χ1) is 9.01. The van der Waals surface area contributed by atoms with Crippen LogP contribution in [-0.4, -0.2) is 35.8 Å². The zero-order chi connectivity index (χ0) is 14.4. The third-order valence-corrected chi connectivity index (χ3v) is 2.38. The number of hydrogen-bond acceptors (Lipinski definition) is 6. The highest BCUT2D eigenvalue weighted by atomic mass is 16.6. The summed E-state index contributed by atoms with van der Waals surface area (Å²) in [5.74, 6) is -1.19. The number of rotatable bonds is 6. The Hall–Kier alpha value is -2.66. The molecule has 19 heavy (non-hydrogen) atoms. The van der Waals surface area contributed by atoms with E-state index in [1.807, 2.05) is 0 Å². The molecular weight excluding hydrogens is 254 g/mol. The molecule has 0 heterocycles. The largest absolute Gasteiger partial charge is 0.479 e. The van der Waals surface area contributed by atoms with Crippen LogP contribution in [0.1, 0.15) is 5.56 Å². The normalized spacial score (nSPS) is 11.4. The molecule has 1 rings (SSSR count). The average molecular weight is 265 g/mol. The zero-order valence-corrected chi connectivity index (χ0v) is 9.99. The van der Waals surface area contributed by atoms with Crippen molar-refractivity contribution < 1.29 is 19.6 Å². The highest BCUT2D eigenvalue weighted by molar-refractivity contribution is 5.74. The Bertz CT molecular complexity index is 538. The number of nitro groups is 1. The minimum Gasteiger partial charge on any atom is -0.479 e. The lowest BCUT2D eigenvalue weighted by Crippen LogP contribution is -2.30. The number of carboxylic acids is 1. The van der Waals surface area contributed by atoms with E-state index in [9.17, 15) is 14.9 Å². The number of nitro benzene ring substituents is 1. The fourth-order valence-corrected chi connectivity index (χ4v) is 1.45. The van der Waals surface area contributed by atoms with Crippen molar-refractivity contribution in [2.75, 3.05) is 19.0 Å². The van der Waals surface area contributed by atoms with Crippen LogP contribution in [0.15, 0.2) is 18.2 Å². The Morgan fingerprint density at radius 1 is 1.68 bits per heavy atom. The second kappa shape index (κ2) is 6.32. The fourth-order valence-electron chi connectivity index (χ4n) is 1.45. The molecule has 0 radical (unpaired) electrons. The van der Waals surface area contributed by atoms with E-state index in [1.54, 1.807) is 6.07 Å². The van der Waals surface area contributed by atoms with E-state index in [4.69, 9.17) is 15.1 Å². The van der Waals surface area contributed by atoms with Gasteiger partial charge in [-0.1, -0.05) is 6.07 Å². The van der Waals surface area contributed by atoms with E-state index in [0.717, 1.165) is 0 Å². The maximum atomic E-state index is 10.9. The summed E-state index contributed by atoms with van der Waals surface area (Å²) in [5.41, 5.74) is -0.406. The molecule has 100 valence electrons. The van der Waals surface area contributed by atoms with Gasteiger partial charge in [0, 0.05) is 7.11 Å². The number of para-hydroxylation sites is 1. The number of aliphatic carboxylic acids is 1. The summed E-state index contributed by atoms with van der Waals surface area (Å²) in [7, 11) is 1.22. The summed E-state index contributed by atoms with van der Waals surface area (Å²) in [4.78, 5) is 21.0. The molecule has 1 atom stereocenters. The third-order valence-electron chi connectivity index (χ3n) is 2.38. The summed E-state index contributed by atoms with van der Waals surface area (Å²) in [5, 5.41) is 31.1. The van der Waals surface area contributed by atoms with Crippen LogP contribution in [-0.2, 0) is 9.53 Å². The van der Waals surface area contributed by atoms with Gasteiger partial charge in [-0.2, -0.15) is 5.26 Å². The van der Waals surface area contributed by atoms with Crippen LogP contribution in [0.2, 0.25) is 0 Å². The summed E-state index contributed by atoms with van der Waals surface area (Å²) in [6, 6.07) is 5.89. The van der Waals surface area contributed by atoms with Gasteiger partial charge >= 0.3 is 11.7 Å². The Morgan fingerprint density at radius 3 is 2.84 bits per heavy atom. The van der Waals surface area contributed by atoms with Crippen molar-refractivity contribution in [3.8, 4) is 6.07 Å². The molecule has 0 aliphatic carbocycles. The van der Waals surface area contributed by atoms with Crippen LogP contribution in [0.4, 0.5) is 11.4 Å². The van der Waals surface area contributed by atoms with Gasteiger partial charge in [-0.3, -0.25) is 10.1 Å². The Balaban J connectivity index is 2.99. The molecule has 0 spiro atoms. The molecular formula is C11H11N3O5. The predicted octanol–water partition coefficient (Wildman–Crippen LogP) is 0.978. The molecule has 0 aliphatic heterocycles. The highest BCUT2D eigenvalue weighted by Gasteiger charge is 2.22. The van der Waals surface area contributed by atoms with E-state index >= 15 is 0 Å². The Morgan fingerprint density at radius 2 is 2.37 bits per heavy atom. The number of carbonyl (C=O) groups is 1. The van der Waals surface area contributed by atoms with E-state index in [-0.39, 0.29) is 23.5 Å². The number of nitrogens with zero attached hydrogens (tertiary/aromatic N) is 2. The first-order valence-corrected chi connectivity index (χ1v) is 5.18. The number of nitrogens with one attached hydrogen (secondary N) is 1. The van der Waals surface area contributed by atoms with Crippen LogP contribution in [0.5, 0.6) is 0 Å². The van der Waals surface area contributed by atoms with Crippen molar-refractivity contribution in [3.05, 3.63) is 33.9 Å². The molecule has 8 nitrogen and oxygen atoms in total. The van der Waals surface area contributed by atoms with Gasteiger partial charge in [-0.15, -0.1) is 0 Å². The lowest BCUT2D eigenvalue weighted by atomic mass is 10.1. The van der Waals surface area contributed by atoms with E-state index in [1.165, 1.54) is 25.3 Å². The number of hydrogen-bond donors (Lipinski definition) is 2. The second-order valence-electron chi connectivity index (χ2n) is 3.51. The van der Waals surface area contributed by atoms with Gasteiger partial charge in [0.25, 0.3) is 0 Å². The van der Waals surface area contributed by atoms with Gasteiger partial charge in [-0.25, -0.2) is 4.79 Å². The molecule has 0 saturated heterocycles. The number of nitriles is 1. The van der Waals surface area contributed by atoms with E-state index < -0.39 is 17.0 Å². The van der Waals surface area contributed by atoms with Crippen molar-refractivity contribution in [3.63, 3.8) is 0 Å². The maximum Gasteiger partial charge on any atom is 0.334 e. The number of anilines is 1. The van der Waals surface area contributed by atoms with Gasteiger partial charge in [0.15, 0.2) is 6.10 Å². The number of carboxylic acid groups (broad SMARTS) is 1. The van der Waals surface area contributed by atoms with E-state index in [2.05, 4.69) is 5.32 Å². The molecule has 1 aromatic carbocycles. The van der Waals surface area contributed by atoms with Gasteiger partial charge in [0.1, 0.15) is 17.3 Å². The number of benzene rings is 1. The molecule has 0 bridgehead atoms. The number of ether oxygens (including phenoxy) is 1. The lowest BCUT2D eigenvalue weighted by Gasteiger charge is -2.12. The first kappa shape index (κ1) is 14.4. The molecule has 0 aliphatic rings. The van der Waals surface area contributed by atoms with Gasteiger partial charge in [-0.05, 0) is 12.1 Å². The zero-order valence-electron chi connectivity index (χ0n) is 9.99. The number of methoxy groups -OCH3 is 1. The van der Waals surface area contributed by atoms with Crippen LogP contribution in [0.25, 0.3) is 0 Å². The lowest BCUT2D eigenvalue weighted by molar-refractivity contribution is -0.384. The van der Waals surface area contributed by atoms with Crippen LogP contribution in [0, 0.1) is 21.4 Å². The molecule has 1 aromatic rings. The summed E-state index contributed by atoms with van der Waals surface area (Å²) in [6.07, 6.45) is -1.13. The maximum absolute atomic E-state index is 10.9. The van der Waals surface area contributed by atoms with Crippen molar-refractivity contribution in [1.29, 1.82) is 5.26 Å².